The molecule has 2 nitrogen and oxygen atoms in total. The standard InChI is InChI=1S/C23H19NOS2.C2H6/c1-15-13-16(14-21-22(25)24-23(26)27-21)9-10-17(15)11-12-19-7-4-6-18-5-2-3-8-20(18)19;1-2/h2-10,13-14H,11-12H2,1H3,(H,24,25,26);1-2H3/b21-14-;. The first-order valence-electron chi connectivity index (χ1n) is 9.91. The molecule has 0 saturated carbocycles. The molecule has 0 atom stereocenters. The van der Waals surface area contributed by atoms with Crippen LogP contribution >= 0.6 is 24.0 Å². The Morgan fingerprint density at radius 1 is 0.966 bits per heavy atom. The molecule has 0 spiro atoms. The number of benzene rings is 3. The van der Waals surface area contributed by atoms with Gasteiger partial charge in [0.05, 0.1) is 4.91 Å². The molecule has 0 bridgehead atoms. The van der Waals surface area contributed by atoms with Crippen molar-refractivity contribution in [2.24, 2.45) is 0 Å². The van der Waals surface area contributed by atoms with Gasteiger partial charge in [-0.1, -0.05) is 98.5 Å². The normalized spacial score (nSPS) is 14.7. The molecule has 4 heteroatoms. The number of amides is 1. The molecule has 0 unspecified atom stereocenters. The summed E-state index contributed by atoms with van der Waals surface area (Å²) in [6.45, 7) is 6.13. The monoisotopic (exact) mass is 419 g/mol. The molecule has 1 amide bonds. The van der Waals surface area contributed by atoms with E-state index in [9.17, 15) is 4.79 Å². The number of carbonyl (C=O) groups is 1. The van der Waals surface area contributed by atoms with Crippen LogP contribution in [-0.4, -0.2) is 10.2 Å². The Morgan fingerprint density at radius 2 is 1.69 bits per heavy atom. The number of fused-ring (bicyclic) bond motifs is 1. The fraction of sp³-hybridized carbons (Fsp3) is 0.200. The third kappa shape index (κ3) is 5.14. The Labute approximate surface area is 182 Å². The molecule has 1 N–H and O–H groups in total. The van der Waals surface area contributed by atoms with E-state index in [-0.39, 0.29) is 5.91 Å². The van der Waals surface area contributed by atoms with Crippen molar-refractivity contribution >= 4 is 51.1 Å². The Balaban J connectivity index is 0.00000117. The van der Waals surface area contributed by atoms with Gasteiger partial charge in [0.2, 0.25) is 0 Å². The predicted molar refractivity (Wildman–Crippen MR) is 130 cm³/mol. The van der Waals surface area contributed by atoms with Crippen LogP contribution in [0.2, 0.25) is 0 Å². The second kappa shape index (κ2) is 9.86. The predicted octanol–water partition coefficient (Wildman–Crippen LogP) is 6.45. The number of thioether (sulfide) groups is 1. The van der Waals surface area contributed by atoms with Crippen molar-refractivity contribution in [2.75, 3.05) is 0 Å². The maximum Gasteiger partial charge on any atom is 0.263 e. The van der Waals surface area contributed by atoms with E-state index in [1.165, 1.54) is 39.2 Å². The summed E-state index contributed by atoms with van der Waals surface area (Å²) in [5.41, 5.74) is 5.00. The summed E-state index contributed by atoms with van der Waals surface area (Å²) in [5.74, 6) is -0.109. The number of thiocarbonyl (C=S) groups is 1. The van der Waals surface area contributed by atoms with Crippen molar-refractivity contribution in [2.45, 2.75) is 33.6 Å². The van der Waals surface area contributed by atoms with Crippen LogP contribution in [0.1, 0.15) is 36.1 Å². The summed E-state index contributed by atoms with van der Waals surface area (Å²) in [4.78, 5) is 12.5. The molecule has 1 fully saturated rings. The van der Waals surface area contributed by atoms with Gasteiger partial charge in [0.1, 0.15) is 4.32 Å². The van der Waals surface area contributed by atoms with Gasteiger partial charge in [-0.3, -0.25) is 4.79 Å². The Kier molecular flexibility index (Phi) is 7.24. The lowest BCUT2D eigenvalue weighted by atomic mass is 9.96. The number of nitrogens with one attached hydrogen (secondary N) is 1. The highest BCUT2D eigenvalue weighted by Gasteiger charge is 2.21. The molecule has 1 heterocycles. The highest BCUT2D eigenvalue weighted by molar-refractivity contribution is 8.26. The topological polar surface area (TPSA) is 29.1 Å². The summed E-state index contributed by atoms with van der Waals surface area (Å²) in [6.07, 6.45) is 3.91. The van der Waals surface area contributed by atoms with Crippen molar-refractivity contribution in [3.05, 3.63) is 87.8 Å². The van der Waals surface area contributed by atoms with Crippen molar-refractivity contribution < 1.29 is 4.79 Å². The number of hydrogen-bond donors (Lipinski definition) is 1. The van der Waals surface area contributed by atoms with Crippen LogP contribution in [0.15, 0.2) is 65.6 Å². The summed E-state index contributed by atoms with van der Waals surface area (Å²) >= 11 is 6.36. The van der Waals surface area contributed by atoms with Crippen LogP contribution in [0, 0.1) is 6.92 Å². The van der Waals surface area contributed by atoms with Gasteiger partial charge in [0.15, 0.2) is 0 Å². The minimum absolute atomic E-state index is 0.109. The van der Waals surface area contributed by atoms with E-state index < -0.39 is 0 Å². The SMILES string of the molecule is CC.Cc1cc(/C=C2\SC(=S)NC2=O)ccc1CCc1cccc2ccccc12. The highest BCUT2D eigenvalue weighted by Crippen LogP contribution is 2.27. The van der Waals surface area contributed by atoms with Crippen LogP contribution in [-0.2, 0) is 17.6 Å². The second-order valence-corrected chi connectivity index (χ2v) is 8.40. The lowest BCUT2D eigenvalue weighted by molar-refractivity contribution is -0.115. The maximum absolute atomic E-state index is 11.8. The third-order valence-electron chi connectivity index (χ3n) is 4.85. The van der Waals surface area contributed by atoms with Crippen LogP contribution in [0.25, 0.3) is 16.8 Å². The molecule has 3 aromatic carbocycles. The van der Waals surface area contributed by atoms with E-state index in [0.29, 0.717) is 9.23 Å². The zero-order valence-electron chi connectivity index (χ0n) is 17.0. The fourth-order valence-electron chi connectivity index (χ4n) is 3.44. The molecule has 148 valence electrons. The van der Waals surface area contributed by atoms with Crippen molar-refractivity contribution in [1.82, 2.24) is 5.32 Å². The first-order chi connectivity index (χ1) is 14.1. The van der Waals surface area contributed by atoms with Crippen molar-refractivity contribution in [3.63, 3.8) is 0 Å². The van der Waals surface area contributed by atoms with E-state index in [1.54, 1.807) is 0 Å². The summed E-state index contributed by atoms with van der Waals surface area (Å²) in [6, 6.07) is 21.4. The molecule has 1 saturated heterocycles. The van der Waals surface area contributed by atoms with Gasteiger partial charge >= 0.3 is 0 Å². The Morgan fingerprint density at radius 3 is 2.41 bits per heavy atom. The minimum Gasteiger partial charge on any atom is -0.307 e. The van der Waals surface area contributed by atoms with Gasteiger partial charge in [-0.25, -0.2) is 0 Å². The van der Waals surface area contributed by atoms with E-state index in [2.05, 4.69) is 72.9 Å². The zero-order chi connectivity index (χ0) is 20.8. The summed E-state index contributed by atoms with van der Waals surface area (Å²) < 4.78 is 0.523. The van der Waals surface area contributed by atoms with Gasteiger partial charge < -0.3 is 5.32 Å². The van der Waals surface area contributed by atoms with E-state index in [0.717, 1.165) is 18.4 Å². The number of rotatable bonds is 4. The highest BCUT2D eigenvalue weighted by atomic mass is 32.2. The first-order valence-corrected chi connectivity index (χ1v) is 11.1. The molecular weight excluding hydrogens is 394 g/mol. The quantitative estimate of drug-likeness (QED) is 0.389. The van der Waals surface area contributed by atoms with E-state index >= 15 is 0 Å². The van der Waals surface area contributed by atoms with Gasteiger partial charge in [-0.05, 0) is 58.9 Å². The van der Waals surface area contributed by atoms with Gasteiger partial charge in [0.25, 0.3) is 5.91 Å². The molecule has 3 aromatic rings. The Bertz CT molecular complexity index is 1080. The summed E-state index contributed by atoms with van der Waals surface area (Å²) in [5, 5.41) is 5.28. The average Bonchev–Trinajstić information content (AvgIpc) is 3.05. The summed E-state index contributed by atoms with van der Waals surface area (Å²) in [7, 11) is 0. The number of aryl methyl sites for hydroxylation is 3. The van der Waals surface area contributed by atoms with Crippen LogP contribution in [0.4, 0.5) is 0 Å². The van der Waals surface area contributed by atoms with E-state index in [1.807, 2.05) is 19.9 Å². The lowest BCUT2D eigenvalue weighted by Crippen LogP contribution is -2.17. The van der Waals surface area contributed by atoms with Crippen molar-refractivity contribution in [1.29, 1.82) is 0 Å². The van der Waals surface area contributed by atoms with Crippen LogP contribution in [0.5, 0.6) is 0 Å². The van der Waals surface area contributed by atoms with Crippen LogP contribution in [0.3, 0.4) is 0 Å². The van der Waals surface area contributed by atoms with E-state index in [4.69, 9.17) is 12.2 Å². The largest absolute Gasteiger partial charge is 0.307 e. The van der Waals surface area contributed by atoms with Gasteiger partial charge in [-0.15, -0.1) is 0 Å². The molecule has 0 aliphatic carbocycles. The molecule has 0 aromatic heterocycles. The molecule has 1 aliphatic heterocycles. The van der Waals surface area contributed by atoms with Gasteiger partial charge in [-0.2, -0.15) is 0 Å². The molecule has 29 heavy (non-hydrogen) atoms. The maximum atomic E-state index is 11.8. The van der Waals surface area contributed by atoms with Crippen LogP contribution < -0.4 is 5.32 Å². The number of hydrogen-bond acceptors (Lipinski definition) is 3. The van der Waals surface area contributed by atoms with Crippen molar-refractivity contribution in [3.8, 4) is 0 Å². The minimum atomic E-state index is -0.109. The third-order valence-corrected chi connectivity index (χ3v) is 6.01. The fourth-order valence-corrected chi connectivity index (χ4v) is 4.49. The zero-order valence-corrected chi connectivity index (χ0v) is 18.6. The molecule has 0 radical (unpaired) electrons. The smallest absolute Gasteiger partial charge is 0.263 e. The molecule has 1 aliphatic rings. The molecule has 4 rings (SSSR count). The number of carbonyl (C=O) groups excluding carboxylic acids is 1. The lowest BCUT2D eigenvalue weighted by Gasteiger charge is -2.10. The molecular formula is C25H25NOS2. The Hall–Kier alpha value is -2.43. The average molecular weight is 420 g/mol. The first kappa shape index (κ1) is 21.3. The van der Waals surface area contributed by atoms with Gasteiger partial charge in [0, 0.05) is 0 Å². The second-order valence-electron chi connectivity index (χ2n) is 6.68.